The van der Waals surface area contributed by atoms with Crippen LogP contribution in [0, 0.1) is 12.7 Å². The Kier molecular flexibility index (Phi) is 7.31. The lowest BCUT2D eigenvalue weighted by Crippen LogP contribution is -2.39. The molecule has 0 saturated carbocycles. The summed E-state index contributed by atoms with van der Waals surface area (Å²) in [4.78, 5) is 17.8. The van der Waals surface area contributed by atoms with Crippen molar-refractivity contribution in [2.24, 2.45) is 5.73 Å². The monoisotopic (exact) mass is 356 g/mol. The SMILES string of the molecule is Cc1ccc(-c2noc(CCC(=O)N(C)C(C)CN)n2)cc1F.Cl. The lowest BCUT2D eigenvalue weighted by molar-refractivity contribution is -0.131. The van der Waals surface area contributed by atoms with Gasteiger partial charge in [-0.2, -0.15) is 4.98 Å². The zero-order chi connectivity index (χ0) is 17.0. The van der Waals surface area contributed by atoms with Crippen LogP contribution in [0.25, 0.3) is 11.4 Å². The smallest absolute Gasteiger partial charge is 0.227 e. The molecule has 0 aliphatic rings. The minimum absolute atomic E-state index is 0. The van der Waals surface area contributed by atoms with E-state index in [0.29, 0.717) is 35.8 Å². The number of likely N-dealkylation sites (N-methyl/N-ethyl adjacent to an activating group) is 1. The number of aryl methyl sites for hydroxylation is 2. The summed E-state index contributed by atoms with van der Waals surface area (Å²) >= 11 is 0. The highest BCUT2D eigenvalue weighted by molar-refractivity contribution is 5.85. The molecule has 0 bridgehead atoms. The van der Waals surface area contributed by atoms with Crippen molar-refractivity contribution in [1.82, 2.24) is 15.0 Å². The van der Waals surface area contributed by atoms with Gasteiger partial charge in [-0.3, -0.25) is 4.79 Å². The number of nitrogens with two attached hydrogens (primary N) is 1. The van der Waals surface area contributed by atoms with Gasteiger partial charge in [0.2, 0.25) is 17.6 Å². The van der Waals surface area contributed by atoms with Crippen molar-refractivity contribution in [3.05, 3.63) is 35.5 Å². The van der Waals surface area contributed by atoms with Gasteiger partial charge in [0.25, 0.3) is 0 Å². The molecule has 0 fully saturated rings. The Morgan fingerprint density at radius 1 is 1.46 bits per heavy atom. The molecule has 8 heteroatoms. The van der Waals surface area contributed by atoms with E-state index in [4.69, 9.17) is 10.3 Å². The maximum absolute atomic E-state index is 13.6. The second kappa shape index (κ2) is 8.75. The fourth-order valence-electron chi connectivity index (χ4n) is 2.00. The summed E-state index contributed by atoms with van der Waals surface area (Å²) in [5.41, 5.74) is 6.64. The van der Waals surface area contributed by atoms with Crippen LogP contribution in [-0.4, -0.2) is 40.6 Å². The highest BCUT2D eigenvalue weighted by atomic mass is 35.5. The van der Waals surface area contributed by atoms with Crippen molar-refractivity contribution in [2.45, 2.75) is 32.7 Å². The number of amides is 1. The summed E-state index contributed by atoms with van der Waals surface area (Å²) in [6.45, 7) is 3.98. The van der Waals surface area contributed by atoms with Crippen LogP contribution in [-0.2, 0) is 11.2 Å². The summed E-state index contributed by atoms with van der Waals surface area (Å²) in [6.07, 6.45) is 0.590. The molecule has 2 aromatic rings. The summed E-state index contributed by atoms with van der Waals surface area (Å²) < 4.78 is 18.7. The molecule has 132 valence electrons. The average Bonchev–Trinajstić information content (AvgIpc) is 3.02. The van der Waals surface area contributed by atoms with Crippen molar-refractivity contribution in [2.75, 3.05) is 13.6 Å². The van der Waals surface area contributed by atoms with E-state index < -0.39 is 0 Å². The molecular weight excluding hydrogens is 335 g/mol. The number of hydrogen-bond donors (Lipinski definition) is 1. The first-order chi connectivity index (χ1) is 10.9. The van der Waals surface area contributed by atoms with Crippen LogP contribution in [0.3, 0.4) is 0 Å². The molecule has 0 saturated heterocycles. The van der Waals surface area contributed by atoms with Gasteiger partial charge in [0.1, 0.15) is 5.82 Å². The molecule has 1 amide bonds. The van der Waals surface area contributed by atoms with Gasteiger partial charge < -0.3 is 15.2 Å². The van der Waals surface area contributed by atoms with Crippen molar-refractivity contribution >= 4 is 18.3 Å². The molecule has 0 aliphatic heterocycles. The fourth-order valence-corrected chi connectivity index (χ4v) is 2.00. The molecule has 2 rings (SSSR count). The minimum Gasteiger partial charge on any atom is -0.342 e. The van der Waals surface area contributed by atoms with Crippen molar-refractivity contribution in [1.29, 1.82) is 0 Å². The van der Waals surface area contributed by atoms with E-state index in [1.54, 1.807) is 31.0 Å². The highest BCUT2D eigenvalue weighted by Gasteiger charge is 2.16. The van der Waals surface area contributed by atoms with Crippen LogP contribution in [0.15, 0.2) is 22.7 Å². The third kappa shape index (κ3) is 4.75. The summed E-state index contributed by atoms with van der Waals surface area (Å²) in [6, 6.07) is 4.74. The summed E-state index contributed by atoms with van der Waals surface area (Å²) in [5.74, 6) is 0.309. The summed E-state index contributed by atoms with van der Waals surface area (Å²) in [7, 11) is 1.72. The molecule has 1 aromatic heterocycles. The van der Waals surface area contributed by atoms with Gasteiger partial charge in [0.05, 0.1) is 0 Å². The Bertz CT molecular complexity index is 692. The predicted octanol–water partition coefficient (Wildman–Crippen LogP) is 2.34. The minimum atomic E-state index is -0.318. The lowest BCUT2D eigenvalue weighted by Gasteiger charge is -2.23. The van der Waals surface area contributed by atoms with Crippen LogP contribution in [0.2, 0.25) is 0 Å². The Hall–Kier alpha value is -1.99. The number of rotatable bonds is 6. The standard InChI is InChI=1S/C16H21FN4O2.ClH/c1-10-4-5-12(8-13(10)17)16-19-14(23-20-16)6-7-15(22)21(3)11(2)9-18;/h4-5,8,11H,6-7,9,18H2,1-3H3;1H. The zero-order valence-electron chi connectivity index (χ0n) is 14.0. The molecule has 0 radical (unpaired) electrons. The second-order valence-electron chi connectivity index (χ2n) is 5.57. The van der Waals surface area contributed by atoms with Crippen molar-refractivity contribution < 1.29 is 13.7 Å². The first kappa shape index (κ1) is 20.1. The van der Waals surface area contributed by atoms with Gasteiger partial charge in [-0.05, 0) is 25.5 Å². The zero-order valence-corrected chi connectivity index (χ0v) is 14.8. The first-order valence-electron chi connectivity index (χ1n) is 7.47. The Morgan fingerprint density at radius 3 is 2.79 bits per heavy atom. The maximum Gasteiger partial charge on any atom is 0.227 e. The molecule has 1 unspecified atom stereocenters. The normalized spacial score (nSPS) is 11.7. The topological polar surface area (TPSA) is 85.2 Å². The predicted molar refractivity (Wildman–Crippen MR) is 91.3 cm³/mol. The molecule has 0 spiro atoms. The van der Waals surface area contributed by atoms with Gasteiger partial charge >= 0.3 is 0 Å². The van der Waals surface area contributed by atoms with Crippen LogP contribution in [0.1, 0.15) is 24.8 Å². The van der Waals surface area contributed by atoms with E-state index in [2.05, 4.69) is 10.1 Å². The third-order valence-electron chi connectivity index (χ3n) is 3.85. The first-order valence-corrected chi connectivity index (χ1v) is 7.47. The molecule has 1 heterocycles. The second-order valence-corrected chi connectivity index (χ2v) is 5.57. The molecule has 0 aliphatic carbocycles. The summed E-state index contributed by atoms with van der Waals surface area (Å²) in [5, 5.41) is 3.83. The van der Waals surface area contributed by atoms with Gasteiger partial charge in [-0.25, -0.2) is 4.39 Å². The fraction of sp³-hybridized carbons (Fsp3) is 0.438. The quantitative estimate of drug-likeness (QED) is 0.858. The molecular formula is C16H22ClFN4O2. The number of nitrogens with zero attached hydrogens (tertiary/aromatic N) is 3. The largest absolute Gasteiger partial charge is 0.342 e. The Labute approximate surface area is 146 Å². The van der Waals surface area contributed by atoms with Crippen molar-refractivity contribution in [3.8, 4) is 11.4 Å². The third-order valence-corrected chi connectivity index (χ3v) is 3.85. The van der Waals surface area contributed by atoms with Gasteiger partial charge in [-0.15, -0.1) is 12.4 Å². The van der Waals surface area contributed by atoms with Crippen LogP contribution >= 0.6 is 12.4 Å². The number of aromatic nitrogens is 2. The number of halogens is 2. The molecule has 1 aromatic carbocycles. The van der Waals surface area contributed by atoms with E-state index in [1.165, 1.54) is 6.07 Å². The number of hydrogen-bond acceptors (Lipinski definition) is 5. The van der Waals surface area contributed by atoms with Crippen LogP contribution < -0.4 is 5.73 Å². The van der Waals surface area contributed by atoms with Gasteiger partial charge in [0.15, 0.2) is 0 Å². The van der Waals surface area contributed by atoms with Gasteiger partial charge in [0, 0.05) is 38.0 Å². The number of benzene rings is 1. The molecule has 6 nitrogen and oxygen atoms in total. The van der Waals surface area contributed by atoms with Crippen molar-refractivity contribution in [3.63, 3.8) is 0 Å². The average molecular weight is 357 g/mol. The Morgan fingerprint density at radius 2 is 2.17 bits per heavy atom. The lowest BCUT2D eigenvalue weighted by atomic mass is 10.1. The maximum atomic E-state index is 13.6. The van der Waals surface area contributed by atoms with E-state index in [0.717, 1.165) is 0 Å². The molecule has 24 heavy (non-hydrogen) atoms. The number of carbonyl (C=O) groups excluding carboxylic acids is 1. The highest BCUT2D eigenvalue weighted by Crippen LogP contribution is 2.19. The molecule has 1 atom stereocenters. The van der Waals surface area contributed by atoms with Crippen LogP contribution in [0.4, 0.5) is 4.39 Å². The molecule has 2 N–H and O–H groups in total. The Balaban J connectivity index is 0.00000288. The van der Waals surface area contributed by atoms with E-state index in [-0.39, 0.29) is 36.6 Å². The van der Waals surface area contributed by atoms with Gasteiger partial charge in [-0.1, -0.05) is 17.3 Å². The van der Waals surface area contributed by atoms with E-state index in [1.807, 2.05) is 6.92 Å². The van der Waals surface area contributed by atoms with Crippen LogP contribution in [0.5, 0.6) is 0 Å². The number of carbonyl (C=O) groups is 1. The van der Waals surface area contributed by atoms with E-state index in [9.17, 15) is 9.18 Å². The van der Waals surface area contributed by atoms with E-state index >= 15 is 0 Å².